The second-order valence-electron chi connectivity index (χ2n) is 4.45. The number of anilines is 2. The number of halogens is 1. The summed E-state index contributed by atoms with van der Waals surface area (Å²) in [5.74, 6) is -0.444. The maximum Gasteiger partial charge on any atom is 0.263 e. The molecule has 2 rings (SSSR count). The molecule has 0 aliphatic heterocycles. The van der Waals surface area contributed by atoms with E-state index in [1.165, 1.54) is 18.3 Å². The highest BCUT2D eigenvalue weighted by atomic mass is 32.2. The summed E-state index contributed by atoms with van der Waals surface area (Å²) < 4.78 is 40.1. The van der Waals surface area contributed by atoms with Crippen LogP contribution in [-0.2, 0) is 10.0 Å². The Morgan fingerprint density at radius 3 is 2.55 bits per heavy atom. The fraction of sp³-hybridized carbons (Fsp3) is 0.154. The van der Waals surface area contributed by atoms with Crippen molar-refractivity contribution in [3.05, 3.63) is 47.4 Å². The predicted molar refractivity (Wildman–Crippen MR) is 75.3 cm³/mol. The van der Waals surface area contributed by atoms with Crippen LogP contribution in [0.2, 0.25) is 0 Å². The van der Waals surface area contributed by atoms with E-state index in [4.69, 9.17) is 5.73 Å². The van der Waals surface area contributed by atoms with Crippen molar-refractivity contribution in [2.75, 3.05) is 10.5 Å². The number of rotatable bonds is 3. The van der Waals surface area contributed by atoms with Crippen LogP contribution in [0.25, 0.3) is 0 Å². The molecule has 3 N–H and O–H groups in total. The summed E-state index contributed by atoms with van der Waals surface area (Å²) in [6.07, 6.45) is 1.35. The zero-order valence-corrected chi connectivity index (χ0v) is 11.8. The van der Waals surface area contributed by atoms with Gasteiger partial charge >= 0.3 is 0 Å². The van der Waals surface area contributed by atoms with E-state index in [1.807, 2.05) is 0 Å². The van der Waals surface area contributed by atoms with E-state index in [1.54, 1.807) is 19.9 Å². The number of nitrogens with two attached hydrogens (primary N) is 1. The van der Waals surface area contributed by atoms with Crippen LogP contribution >= 0.6 is 0 Å². The molecule has 0 spiro atoms. The summed E-state index contributed by atoms with van der Waals surface area (Å²) in [6, 6.07) is 5.20. The molecule has 5 nitrogen and oxygen atoms in total. The van der Waals surface area contributed by atoms with Gasteiger partial charge in [0.05, 0.1) is 16.8 Å². The van der Waals surface area contributed by atoms with Crippen LogP contribution < -0.4 is 10.5 Å². The Morgan fingerprint density at radius 2 is 1.90 bits per heavy atom. The third-order valence-electron chi connectivity index (χ3n) is 2.77. The molecule has 1 aromatic heterocycles. The van der Waals surface area contributed by atoms with Crippen molar-refractivity contribution < 1.29 is 12.8 Å². The molecule has 0 fully saturated rings. The number of hydrogen-bond acceptors (Lipinski definition) is 4. The summed E-state index contributed by atoms with van der Waals surface area (Å²) in [5.41, 5.74) is 7.03. The van der Waals surface area contributed by atoms with E-state index >= 15 is 0 Å². The highest BCUT2D eigenvalue weighted by Crippen LogP contribution is 2.21. The van der Waals surface area contributed by atoms with Gasteiger partial charge < -0.3 is 5.73 Å². The Morgan fingerprint density at radius 1 is 1.20 bits per heavy atom. The Balaban J connectivity index is 2.43. The summed E-state index contributed by atoms with van der Waals surface area (Å²) in [4.78, 5) is 3.82. The second kappa shape index (κ2) is 5.09. The number of aryl methyl sites for hydroxylation is 2. The molecule has 0 aliphatic carbocycles. The van der Waals surface area contributed by atoms with Crippen LogP contribution in [0.1, 0.15) is 11.1 Å². The Kier molecular flexibility index (Phi) is 3.63. The van der Waals surface area contributed by atoms with Crippen LogP contribution in [0.4, 0.5) is 15.9 Å². The van der Waals surface area contributed by atoms with Gasteiger partial charge in [-0.15, -0.1) is 0 Å². The molecule has 0 saturated carbocycles. The Labute approximate surface area is 116 Å². The lowest BCUT2D eigenvalue weighted by molar-refractivity contribution is 0.594. The molecule has 2 aromatic rings. The van der Waals surface area contributed by atoms with Crippen molar-refractivity contribution in [1.82, 2.24) is 4.98 Å². The quantitative estimate of drug-likeness (QED) is 0.909. The minimum atomic E-state index is -3.90. The standard InChI is InChI=1S/C13H14FN3O2S/c1-8-3-4-10(14)6-12(8)20(18,19)17-13-9(2)5-11(15)7-16-13/h3-7H,15H2,1-2H3,(H,16,17). The third kappa shape index (κ3) is 2.88. The molecule has 0 saturated heterocycles. The van der Waals surface area contributed by atoms with Gasteiger partial charge in [0, 0.05) is 0 Å². The number of pyridine rings is 1. The number of sulfonamides is 1. The van der Waals surface area contributed by atoms with Crippen LogP contribution in [0, 0.1) is 19.7 Å². The molecule has 0 aliphatic rings. The van der Waals surface area contributed by atoms with E-state index in [9.17, 15) is 12.8 Å². The number of benzene rings is 1. The van der Waals surface area contributed by atoms with Crippen molar-refractivity contribution in [3.63, 3.8) is 0 Å². The molecule has 0 bridgehead atoms. The molecule has 7 heteroatoms. The summed E-state index contributed by atoms with van der Waals surface area (Å²) in [5, 5.41) is 0. The van der Waals surface area contributed by atoms with E-state index in [2.05, 4.69) is 9.71 Å². The number of nitrogen functional groups attached to an aromatic ring is 1. The van der Waals surface area contributed by atoms with Gasteiger partial charge in [-0.3, -0.25) is 4.72 Å². The fourth-order valence-electron chi connectivity index (χ4n) is 1.75. The van der Waals surface area contributed by atoms with E-state index in [0.717, 1.165) is 6.07 Å². The molecule has 0 radical (unpaired) electrons. The SMILES string of the molecule is Cc1ccc(F)cc1S(=O)(=O)Nc1ncc(N)cc1C. The fourth-order valence-corrected chi connectivity index (χ4v) is 3.09. The smallest absolute Gasteiger partial charge is 0.263 e. The summed E-state index contributed by atoms with van der Waals surface area (Å²) >= 11 is 0. The molecular formula is C13H14FN3O2S. The molecule has 20 heavy (non-hydrogen) atoms. The van der Waals surface area contributed by atoms with Crippen LogP contribution in [0.5, 0.6) is 0 Å². The topological polar surface area (TPSA) is 85.1 Å². The summed E-state index contributed by atoms with van der Waals surface area (Å²) in [7, 11) is -3.90. The minimum Gasteiger partial charge on any atom is -0.397 e. The lowest BCUT2D eigenvalue weighted by Crippen LogP contribution is -2.16. The highest BCUT2D eigenvalue weighted by Gasteiger charge is 2.19. The molecular weight excluding hydrogens is 281 g/mol. The molecule has 0 unspecified atom stereocenters. The first-order valence-electron chi connectivity index (χ1n) is 5.81. The van der Waals surface area contributed by atoms with Crippen LogP contribution in [-0.4, -0.2) is 13.4 Å². The van der Waals surface area contributed by atoms with Gasteiger partial charge in [0.2, 0.25) is 0 Å². The van der Waals surface area contributed by atoms with Gasteiger partial charge in [-0.2, -0.15) is 0 Å². The second-order valence-corrected chi connectivity index (χ2v) is 6.10. The number of aromatic nitrogens is 1. The zero-order valence-electron chi connectivity index (χ0n) is 11.0. The first kappa shape index (κ1) is 14.3. The summed E-state index contributed by atoms with van der Waals surface area (Å²) in [6.45, 7) is 3.27. The molecule has 0 atom stereocenters. The first-order valence-corrected chi connectivity index (χ1v) is 7.29. The van der Waals surface area contributed by atoms with Gasteiger partial charge in [-0.05, 0) is 43.2 Å². The normalized spacial score (nSPS) is 11.3. The largest absolute Gasteiger partial charge is 0.397 e. The Hall–Kier alpha value is -2.15. The van der Waals surface area contributed by atoms with Crippen molar-refractivity contribution in [2.24, 2.45) is 0 Å². The van der Waals surface area contributed by atoms with E-state index in [-0.39, 0.29) is 10.7 Å². The van der Waals surface area contributed by atoms with Crippen molar-refractivity contribution in [1.29, 1.82) is 0 Å². The van der Waals surface area contributed by atoms with Gasteiger partial charge in [-0.25, -0.2) is 17.8 Å². The lowest BCUT2D eigenvalue weighted by atomic mass is 10.2. The number of nitrogens with zero attached hydrogens (tertiary/aromatic N) is 1. The van der Waals surface area contributed by atoms with Crippen molar-refractivity contribution in [2.45, 2.75) is 18.7 Å². The number of nitrogens with one attached hydrogen (secondary N) is 1. The Bertz CT molecular complexity index is 760. The van der Waals surface area contributed by atoms with Gasteiger partial charge in [-0.1, -0.05) is 6.07 Å². The average molecular weight is 295 g/mol. The third-order valence-corrected chi connectivity index (χ3v) is 4.25. The van der Waals surface area contributed by atoms with Crippen LogP contribution in [0.15, 0.2) is 35.4 Å². The molecule has 1 heterocycles. The van der Waals surface area contributed by atoms with E-state index < -0.39 is 15.8 Å². The molecule has 1 aromatic carbocycles. The maximum absolute atomic E-state index is 13.2. The van der Waals surface area contributed by atoms with Gasteiger partial charge in [0.15, 0.2) is 0 Å². The van der Waals surface area contributed by atoms with Gasteiger partial charge in [0.1, 0.15) is 11.6 Å². The average Bonchev–Trinajstić information content (AvgIpc) is 2.35. The lowest BCUT2D eigenvalue weighted by Gasteiger charge is -2.11. The van der Waals surface area contributed by atoms with E-state index in [0.29, 0.717) is 16.8 Å². The van der Waals surface area contributed by atoms with Crippen molar-refractivity contribution in [3.8, 4) is 0 Å². The van der Waals surface area contributed by atoms with Crippen LogP contribution in [0.3, 0.4) is 0 Å². The monoisotopic (exact) mass is 295 g/mol. The minimum absolute atomic E-state index is 0.115. The predicted octanol–water partition coefficient (Wildman–Crippen LogP) is 2.22. The molecule has 106 valence electrons. The zero-order chi connectivity index (χ0) is 14.9. The number of hydrogen-bond donors (Lipinski definition) is 2. The molecule has 0 amide bonds. The first-order chi connectivity index (χ1) is 9.29. The highest BCUT2D eigenvalue weighted by molar-refractivity contribution is 7.92. The van der Waals surface area contributed by atoms with Gasteiger partial charge in [0.25, 0.3) is 10.0 Å². The maximum atomic E-state index is 13.2. The van der Waals surface area contributed by atoms with Crippen molar-refractivity contribution >= 4 is 21.5 Å².